The lowest BCUT2D eigenvalue weighted by Gasteiger charge is -2.31. The number of nitrogens with two attached hydrogens (primary N) is 1. The Morgan fingerprint density at radius 2 is 2.13 bits per heavy atom. The van der Waals surface area contributed by atoms with Gasteiger partial charge in [-0.3, -0.25) is 0 Å². The summed E-state index contributed by atoms with van der Waals surface area (Å²) in [6, 6.07) is 6.68. The van der Waals surface area contributed by atoms with Crippen LogP contribution in [0.4, 0.5) is 4.39 Å². The minimum Gasteiger partial charge on any atom is -0.461 e. The minimum absolute atomic E-state index is 0.204. The third kappa shape index (κ3) is 1.35. The predicted molar refractivity (Wildman–Crippen MR) is 56.1 cm³/mol. The lowest BCUT2D eigenvalue weighted by atomic mass is 9.78. The van der Waals surface area contributed by atoms with Gasteiger partial charge in [-0.25, -0.2) is 4.39 Å². The van der Waals surface area contributed by atoms with E-state index >= 15 is 0 Å². The molecule has 1 saturated carbocycles. The van der Waals surface area contributed by atoms with E-state index in [2.05, 4.69) is 0 Å². The van der Waals surface area contributed by atoms with Crippen molar-refractivity contribution in [3.8, 4) is 0 Å². The van der Waals surface area contributed by atoms with Gasteiger partial charge in [0.1, 0.15) is 17.2 Å². The van der Waals surface area contributed by atoms with Crippen molar-refractivity contribution in [2.75, 3.05) is 0 Å². The van der Waals surface area contributed by atoms with Crippen molar-refractivity contribution in [3.05, 3.63) is 35.8 Å². The van der Waals surface area contributed by atoms with E-state index in [1.807, 2.05) is 6.07 Å². The molecule has 1 aromatic heterocycles. The zero-order valence-corrected chi connectivity index (χ0v) is 8.24. The van der Waals surface area contributed by atoms with Gasteiger partial charge in [0.2, 0.25) is 0 Å². The van der Waals surface area contributed by atoms with Crippen molar-refractivity contribution in [1.82, 2.24) is 0 Å². The molecule has 1 aliphatic rings. The quantitative estimate of drug-likeness (QED) is 0.777. The van der Waals surface area contributed by atoms with Crippen LogP contribution in [0.1, 0.15) is 24.5 Å². The van der Waals surface area contributed by atoms with Gasteiger partial charge in [0.15, 0.2) is 0 Å². The Bertz CT molecular complexity index is 505. The van der Waals surface area contributed by atoms with Gasteiger partial charge in [-0.2, -0.15) is 0 Å². The summed E-state index contributed by atoms with van der Waals surface area (Å²) in [7, 11) is 0. The van der Waals surface area contributed by atoms with Crippen LogP contribution in [-0.2, 0) is 0 Å². The van der Waals surface area contributed by atoms with Crippen LogP contribution in [0.5, 0.6) is 0 Å². The molecule has 1 aromatic carbocycles. The second kappa shape index (κ2) is 3.07. The van der Waals surface area contributed by atoms with Crippen LogP contribution in [0.2, 0.25) is 0 Å². The normalized spacial score (nSPS) is 25.5. The van der Waals surface area contributed by atoms with Crippen molar-refractivity contribution in [2.45, 2.75) is 24.8 Å². The van der Waals surface area contributed by atoms with Gasteiger partial charge in [-0.05, 0) is 37.1 Å². The van der Waals surface area contributed by atoms with Crippen LogP contribution in [0.3, 0.4) is 0 Å². The van der Waals surface area contributed by atoms with Crippen molar-refractivity contribution in [2.24, 2.45) is 5.73 Å². The van der Waals surface area contributed by atoms with Crippen molar-refractivity contribution in [1.29, 1.82) is 0 Å². The van der Waals surface area contributed by atoms with Crippen LogP contribution in [0.25, 0.3) is 11.0 Å². The Balaban J connectivity index is 2.06. The Labute approximate surface area is 86.9 Å². The average Bonchev–Trinajstić information content (AvgIpc) is 2.57. The van der Waals surface area contributed by atoms with Crippen molar-refractivity contribution < 1.29 is 8.81 Å². The SMILES string of the molecule is NC1CCC1c1cc2cc(F)ccc2o1. The number of benzene rings is 1. The van der Waals surface area contributed by atoms with Crippen LogP contribution in [0.15, 0.2) is 28.7 Å². The topological polar surface area (TPSA) is 39.2 Å². The first-order valence-electron chi connectivity index (χ1n) is 5.18. The van der Waals surface area contributed by atoms with E-state index in [0.717, 1.165) is 29.6 Å². The van der Waals surface area contributed by atoms with E-state index in [0.29, 0.717) is 5.92 Å². The average molecular weight is 205 g/mol. The highest BCUT2D eigenvalue weighted by Crippen LogP contribution is 2.38. The lowest BCUT2D eigenvalue weighted by molar-refractivity contribution is 0.303. The highest BCUT2D eigenvalue weighted by molar-refractivity contribution is 5.78. The molecule has 78 valence electrons. The van der Waals surface area contributed by atoms with Gasteiger partial charge < -0.3 is 10.2 Å². The summed E-state index contributed by atoms with van der Waals surface area (Å²) in [6.07, 6.45) is 2.12. The van der Waals surface area contributed by atoms with E-state index in [-0.39, 0.29) is 11.9 Å². The summed E-state index contributed by atoms with van der Waals surface area (Å²) >= 11 is 0. The summed E-state index contributed by atoms with van der Waals surface area (Å²) in [5.74, 6) is 0.988. The molecule has 2 atom stereocenters. The summed E-state index contributed by atoms with van der Waals surface area (Å²) in [5, 5.41) is 0.823. The van der Waals surface area contributed by atoms with E-state index in [1.54, 1.807) is 6.07 Å². The second-order valence-corrected chi connectivity index (χ2v) is 4.18. The monoisotopic (exact) mass is 205 g/mol. The van der Waals surface area contributed by atoms with Crippen molar-refractivity contribution >= 4 is 11.0 Å². The Kier molecular flexibility index (Phi) is 1.83. The first-order chi connectivity index (χ1) is 7.24. The Morgan fingerprint density at radius 3 is 2.80 bits per heavy atom. The molecule has 1 heterocycles. The number of furan rings is 1. The van der Waals surface area contributed by atoms with Crippen molar-refractivity contribution in [3.63, 3.8) is 0 Å². The first kappa shape index (κ1) is 8.92. The number of fused-ring (bicyclic) bond motifs is 1. The van der Waals surface area contributed by atoms with Gasteiger partial charge in [0.25, 0.3) is 0 Å². The highest BCUT2D eigenvalue weighted by atomic mass is 19.1. The maximum absolute atomic E-state index is 13.0. The Hall–Kier alpha value is -1.35. The molecule has 2 aromatic rings. The van der Waals surface area contributed by atoms with Crippen LogP contribution in [0, 0.1) is 5.82 Å². The Morgan fingerprint density at radius 1 is 1.27 bits per heavy atom. The molecule has 3 heteroatoms. The molecule has 0 saturated heterocycles. The smallest absolute Gasteiger partial charge is 0.134 e. The molecule has 0 aliphatic heterocycles. The zero-order valence-electron chi connectivity index (χ0n) is 8.24. The second-order valence-electron chi connectivity index (χ2n) is 4.18. The maximum atomic E-state index is 13.0. The number of hydrogen-bond acceptors (Lipinski definition) is 2. The molecule has 0 amide bonds. The van der Waals surface area contributed by atoms with E-state index in [9.17, 15) is 4.39 Å². The molecule has 15 heavy (non-hydrogen) atoms. The summed E-state index contributed by atoms with van der Waals surface area (Å²) in [5.41, 5.74) is 6.61. The maximum Gasteiger partial charge on any atom is 0.134 e. The minimum atomic E-state index is -0.229. The van der Waals surface area contributed by atoms with E-state index in [1.165, 1.54) is 12.1 Å². The molecule has 0 spiro atoms. The fraction of sp³-hybridized carbons (Fsp3) is 0.333. The third-order valence-electron chi connectivity index (χ3n) is 3.19. The molecule has 1 fully saturated rings. The number of hydrogen-bond donors (Lipinski definition) is 1. The molecule has 2 nitrogen and oxygen atoms in total. The molecule has 0 radical (unpaired) electrons. The molecule has 3 rings (SSSR count). The molecule has 1 aliphatic carbocycles. The summed E-state index contributed by atoms with van der Waals surface area (Å²) in [6.45, 7) is 0. The largest absolute Gasteiger partial charge is 0.461 e. The third-order valence-corrected chi connectivity index (χ3v) is 3.19. The van der Waals surface area contributed by atoms with Gasteiger partial charge >= 0.3 is 0 Å². The van der Waals surface area contributed by atoms with E-state index in [4.69, 9.17) is 10.2 Å². The molecule has 0 bridgehead atoms. The van der Waals surface area contributed by atoms with Gasteiger partial charge in [-0.1, -0.05) is 0 Å². The molecule has 2 N–H and O–H groups in total. The molecular formula is C12H12FNO. The standard InChI is InChI=1S/C12H12FNO/c13-8-1-4-11-7(5-8)6-12(15-11)9-2-3-10(9)14/h1,4-6,9-10H,2-3,14H2. The van der Waals surface area contributed by atoms with Gasteiger partial charge in [0.05, 0.1) is 0 Å². The molecular weight excluding hydrogens is 193 g/mol. The number of halogens is 1. The summed E-state index contributed by atoms with van der Waals surface area (Å²) < 4.78 is 18.6. The van der Waals surface area contributed by atoms with Gasteiger partial charge in [-0.15, -0.1) is 0 Å². The number of rotatable bonds is 1. The van der Waals surface area contributed by atoms with Gasteiger partial charge in [0, 0.05) is 17.3 Å². The first-order valence-corrected chi connectivity index (χ1v) is 5.18. The predicted octanol–water partition coefficient (Wildman–Crippen LogP) is 2.78. The fourth-order valence-corrected chi connectivity index (χ4v) is 2.10. The van der Waals surface area contributed by atoms with E-state index < -0.39 is 0 Å². The molecule has 2 unspecified atom stereocenters. The van der Waals surface area contributed by atoms with Crippen LogP contribution < -0.4 is 5.73 Å². The highest BCUT2D eigenvalue weighted by Gasteiger charge is 2.31. The van der Waals surface area contributed by atoms with Crippen LogP contribution in [-0.4, -0.2) is 6.04 Å². The zero-order chi connectivity index (χ0) is 10.4. The fourth-order valence-electron chi connectivity index (χ4n) is 2.10. The van der Waals surface area contributed by atoms with Crippen LogP contribution >= 0.6 is 0 Å². The summed E-state index contributed by atoms with van der Waals surface area (Å²) in [4.78, 5) is 0. The lowest BCUT2D eigenvalue weighted by Crippen LogP contribution is -2.37.